The molecule has 9 N–H and O–H groups in total. The molecule has 4 aliphatic rings. The average Bonchev–Trinajstić information content (AvgIpc) is 3.34. The molecule has 3 aromatic rings. The first kappa shape index (κ1) is 50.8. The number of carbonyl (C=O) groups is 5. The fourth-order valence-electron chi connectivity index (χ4n) is 9.10. The molecule has 3 fully saturated rings. The number of aliphatic hydroxyl groups is 3. The molecular weight excluding hydrogens is 1010 g/mol. The molecular formula is C46H60Br2N10O10. The van der Waals surface area contributed by atoms with Crippen LogP contribution in [-0.2, 0) is 32.1 Å². The van der Waals surface area contributed by atoms with Gasteiger partial charge in [0.2, 0.25) is 24.0 Å². The Bertz CT molecular complexity index is 2230. The van der Waals surface area contributed by atoms with Crippen LogP contribution in [0.3, 0.4) is 0 Å². The van der Waals surface area contributed by atoms with Gasteiger partial charge >= 0.3 is 12.1 Å². The summed E-state index contributed by atoms with van der Waals surface area (Å²) in [5, 5.41) is 42.7. The molecule has 3 saturated heterocycles. The van der Waals surface area contributed by atoms with E-state index >= 15 is 0 Å². The number of piperazine rings is 1. The highest BCUT2D eigenvalue weighted by atomic mass is 79.9. The molecule has 22 heteroatoms. The Morgan fingerprint density at radius 3 is 2.28 bits per heavy atom. The second-order valence-corrected chi connectivity index (χ2v) is 19.2. The number of nitrogens with zero attached hydrogens (tertiary/aromatic N) is 5. The van der Waals surface area contributed by atoms with Crippen molar-refractivity contribution in [3.63, 3.8) is 0 Å². The molecule has 68 heavy (non-hydrogen) atoms. The number of pyridine rings is 1. The summed E-state index contributed by atoms with van der Waals surface area (Å²) in [6, 6.07) is 10.8. The number of hydrogen-bond acceptors (Lipinski definition) is 13. The molecule has 0 aliphatic carbocycles. The van der Waals surface area contributed by atoms with Crippen molar-refractivity contribution in [2.75, 3.05) is 62.6 Å². The van der Waals surface area contributed by atoms with Gasteiger partial charge in [0.15, 0.2) is 5.75 Å². The summed E-state index contributed by atoms with van der Waals surface area (Å²) in [4.78, 5) is 79.7. The SMILES string of the molecule is CC(=O)N[C@H]1[C@@H](Oc2c(Br)cc(C[C@@H](NC(=O)N3CCC(N4Cc5ccccc5NC4=O)CC3)C(=O)N[C@@H](CCCCN)C(=O)N3CCN(c4ccncc4)CC3)cc2Br)O[C@H](CO)[C@@H](O)[C@@H]1O. The van der Waals surface area contributed by atoms with Crippen molar-refractivity contribution in [2.45, 2.75) is 101 Å². The summed E-state index contributed by atoms with van der Waals surface area (Å²) in [5.74, 6) is -1.13. The molecule has 7 atom stereocenters. The largest absolute Gasteiger partial charge is 0.460 e. The number of unbranched alkanes of at least 4 members (excludes halogenated alkanes) is 1. The van der Waals surface area contributed by atoms with Gasteiger partial charge in [-0.2, -0.15) is 0 Å². The third kappa shape index (κ3) is 12.4. The number of carbonyl (C=O) groups excluding carboxylic acids is 5. The number of nitrogens with one attached hydrogen (secondary N) is 4. The molecule has 5 heterocycles. The first-order valence-corrected chi connectivity index (χ1v) is 24.5. The number of ether oxygens (including phenoxy) is 2. The van der Waals surface area contributed by atoms with Crippen molar-refractivity contribution >= 4 is 73.0 Å². The summed E-state index contributed by atoms with van der Waals surface area (Å²) < 4.78 is 12.7. The van der Waals surface area contributed by atoms with E-state index in [-0.39, 0.29) is 30.2 Å². The van der Waals surface area contributed by atoms with E-state index in [2.05, 4.69) is 63.0 Å². The van der Waals surface area contributed by atoms with Gasteiger partial charge in [-0.15, -0.1) is 0 Å². The van der Waals surface area contributed by atoms with Crippen LogP contribution in [0.5, 0.6) is 5.75 Å². The van der Waals surface area contributed by atoms with Crippen LogP contribution in [0.1, 0.15) is 50.2 Å². The van der Waals surface area contributed by atoms with E-state index in [1.165, 1.54) is 6.92 Å². The number of rotatable bonds is 16. The van der Waals surface area contributed by atoms with Crippen LogP contribution < -0.4 is 36.6 Å². The summed E-state index contributed by atoms with van der Waals surface area (Å²) >= 11 is 7.10. The zero-order valence-electron chi connectivity index (χ0n) is 37.8. The van der Waals surface area contributed by atoms with Gasteiger partial charge < -0.3 is 71.4 Å². The molecule has 20 nitrogen and oxygen atoms in total. The fraction of sp³-hybridized carbons (Fsp3) is 0.522. The number of benzene rings is 2. The van der Waals surface area contributed by atoms with Crippen molar-refractivity contribution in [3.05, 3.63) is 81.0 Å². The Hall–Kier alpha value is -5.10. The van der Waals surface area contributed by atoms with Gasteiger partial charge in [-0.05, 0) is 112 Å². The van der Waals surface area contributed by atoms with Crippen LogP contribution in [0.2, 0.25) is 0 Å². The van der Waals surface area contributed by atoms with Gasteiger partial charge in [0, 0.05) is 89.0 Å². The number of amides is 7. The van der Waals surface area contributed by atoms with E-state index in [1.807, 2.05) is 36.4 Å². The van der Waals surface area contributed by atoms with Crippen LogP contribution in [0.15, 0.2) is 69.9 Å². The summed E-state index contributed by atoms with van der Waals surface area (Å²) in [6.45, 7) is 4.22. The molecule has 0 bridgehead atoms. The van der Waals surface area contributed by atoms with E-state index in [0.29, 0.717) is 99.0 Å². The van der Waals surface area contributed by atoms with Crippen LogP contribution in [0, 0.1) is 0 Å². The number of aromatic nitrogens is 1. The highest BCUT2D eigenvalue weighted by Crippen LogP contribution is 2.38. The zero-order valence-corrected chi connectivity index (χ0v) is 40.9. The lowest BCUT2D eigenvalue weighted by molar-refractivity contribution is -0.244. The van der Waals surface area contributed by atoms with Crippen molar-refractivity contribution < 1.29 is 48.8 Å². The quantitative estimate of drug-likeness (QED) is 0.0957. The second kappa shape index (κ2) is 23.5. The van der Waals surface area contributed by atoms with Crippen LogP contribution in [0.25, 0.3) is 0 Å². The lowest BCUT2D eigenvalue weighted by Crippen LogP contribution is -2.65. The first-order valence-electron chi connectivity index (χ1n) is 22.9. The summed E-state index contributed by atoms with van der Waals surface area (Å²) in [6.07, 6.45) is 0.432. The van der Waals surface area contributed by atoms with Crippen LogP contribution >= 0.6 is 31.9 Å². The van der Waals surface area contributed by atoms with Gasteiger partial charge in [0.1, 0.15) is 36.4 Å². The lowest BCUT2D eigenvalue weighted by atomic mass is 9.97. The molecule has 0 spiro atoms. The molecule has 1 aromatic heterocycles. The van der Waals surface area contributed by atoms with Gasteiger partial charge in [0.05, 0.1) is 15.6 Å². The Kier molecular flexibility index (Phi) is 17.5. The molecule has 0 radical (unpaired) electrons. The van der Waals surface area contributed by atoms with Crippen LogP contribution in [-0.4, -0.2) is 166 Å². The molecule has 368 valence electrons. The van der Waals surface area contributed by atoms with E-state index in [0.717, 1.165) is 16.9 Å². The highest BCUT2D eigenvalue weighted by Gasteiger charge is 2.46. The van der Waals surface area contributed by atoms with E-state index < -0.39 is 67.2 Å². The molecule has 2 aromatic carbocycles. The van der Waals surface area contributed by atoms with Crippen LogP contribution in [0.4, 0.5) is 21.0 Å². The molecule has 7 rings (SSSR count). The number of para-hydroxylation sites is 1. The number of fused-ring (bicyclic) bond motifs is 1. The van der Waals surface area contributed by atoms with E-state index in [4.69, 9.17) is 15.2 Å². The van der Waals surface area contributed by atoms with Gasteiger partial charge in [0.25, 0.3) is 0 Å². The molecule has 0 saturated carbocycles. The van der Waals surface area contributed by atoms with Gasteiger partial charge in [-0.25, -0.2) is 9.59 Å². The number of piperidine rings is 1. The highest BCUT2D eigenvalue weighted by molar-refractivity contribution is 9.11. The number of anilines is 2. The Morgan fingerprint density at radius 2 is 1.62 bits per heavy atom. The van der Waals surface area contributed by atoms with E-state index in [1.54, 1.807) is 39.2 Å². The summed E-state index contributed by atoms with van der Waals surface area (Å²) in [5.41, 5.74) is 9.21. The third-order valence-corrected chi connectivity index (χ3v) is 14.0. The normalized spacial score (nSPS) is 22.9. The molecule has 0 unspecified atom stereocenters. The minimum Gasteiger partial charge on any atom is -0.460 e. The topological polar surface area (TPSA) is 264 Å². The number of hydrogen-bond donors (Lipinski definition) is 8. The lowest BCUT2D eigenvalue weighted by Gasteiger charge is -2.42. The predicted molar refractivity (Wildman–Crippen MR) is 257 cm³/mol. The van der Waals surface area contributed by atoms with E-state index in [9.17, 15) is 39.3 Å². The number of nitrogens with two attached hydrogens (primary N) is 1. The zero-order chi connectivity index (χ0) is 48.5. The maximum absolute atomic E-state index is 14.6. The summed E-state index contributed by atoms with van der Waals surface area (Å²) in [7, 11) is 0. The van der Waals surface area contributed by atoms with Gasteiger partial charge in [-0.1, -0.05) is 18.2 Å². The number of urea groups is 2. The van der Waals surface area contributed by atoms with Crippen molar-refractivity contribution in [3.8, 4) is 5.75 Å². The van der Waals surface area contributed by atoms with Crippen molar-refractivity contribution in [1.82, 2.24) is 35.6 Å². The third-order valence-electron chi connectivity index (χ3n) is 12.8. The minimum absolute atomic E-state index is 0.0286. The molecule has 4 aliphatic heterocycles. The molecule has 7 amide bonds. The number of halogens is 2. The monoisotopic (exact) mass is 1070 g/mol. The smallest absolute Gasteiger partial charge is 0.322 e. The standard InChI is InChI=1S/C46H60Br2N10O10/c1-27(60)51-38-40(62)39(61)37(26-59)67-44(38)68-41-32(47)22-28(23-33(41)48)24-36(54-45(65)57-16-11-31(12-17-57)58-25-29-6-2-3-7-34(29)53-46(58)66)42(63)52-35(8-4-5-13-49)43(64)56-20-18-55(19-21-56)30-9-14-50-15-10-30/h2-3,6-7,9-10,14-15,22-23,31,35-40,44,59,61-62H,4-5,8,11-13,16-21,24-26,49H2,1H3,(H,51,60)(H,52,63)(H,53,66)(H,54,65)/t35-,36+,37+,38+,39+,40+,44+/m0/s1. The first-order chi connectivity index (χ1) is 32.7. The Labute approximate surface area is 411 Å². The van der Waals surface area contributed by atoms with Crippen molar-refractivity contribution in [2.24, 2.45) is 5.73 Å². The minimum atomic E-state index is -1.54. The average molecular weight is 1070 g/mol. The van der Waals surface area contributed by atoms with Crippen molar-refractivity contribution in [1.29, 1.82) is 0 Å². The number of aliphatic hydroxyl groups excluding tert-OH is 3. The Balaban J connectivity index is 1.08. The Morgan fingerprint density at radius 1 is 0.926 bits per heavy atom. The fourth-order valence-corrected chi connectivity index (χ4v) is 10.6. The maximum Gasteiger partial charge on any atom is 0.322 e. The van der Waals surface area contributed by atoms with Gasteiger partial charge in [-0.3, -0.25) is 19.4 Å². The predicted octanol–water partition coefficient (Wildman–Crippen LogP) is 2.02. The second-order valence-electron chi connectivity index (χ2n) is 17.4. The number of likely N-dealkylation sites (tertiary alicyclic amines) is 1. The maximum atomic E-state index is 14.6.